The van der Waals surface area contributed by atoms with Gasteiger partial charge in [0.1, 0.15) is 0 Å². The van der Waals surface area contributed by atoms with Crippen LogP contribution in [-0.4, -0.2) is 20.6 Å². The van der Waals surface area contributed by atoms with Gasteiger partial charge in [-0.05, 0) is 25.7 Å². The van der Waals surface area contributed by atoms with Crippen molar-refractivity contribution in [1.82, 2.24) is 0 Å². The van der Waals surface area contributed by atoms with Crippen LogP contribution in [0.4, 0.5) is 0 Å². The largest absolute Gasteiger partial charge is 0.333 e. The third kappa shape index (κ3) is 8.02. The van der Waals surface area contributed by atoms with Gasteiger partial charge in [0.2, 0.25) is 0 Å². The van der Waals surface area contributed by atoms with Gasteiger partial charge in [0, 0.05) is 6.04 Å². The predicted molar refractivity (Wildman–Crippen MR) is 72.1 cm³/mol. The average Bonchev–Trinajstić information content (AvgIpc) is 2.30. The minimum atomic E-state index is -3.72. The summed E-state index contributed by atoms with van der Waals surface area (Å²) in [5.41, 5.74) is 5.63. The topological polar surface area (TPSA) is 95.4 Å². The molecular formula is C12H26N2O3S. The Morgan fingerprint density at radius 3 is 1.61 bits per heavy atom. The van der Waals surface area contributed by atoms with Crippen molar-refractivity contribution in [1.29, 1.82) is 0 Å². The van der Waals surface area contributed by atoms with Crippen molar-refractivity contribution < 1.29 is 12.6 Å². The average molecular weight is 278 g/mol. The van der Waals surface area contributed by atoms with Crippen LogP contribution in [-0.2, 0) is 14.5 Å². The molecule has 2 aliphatic rings. The molecule has 0 aromatic rings. The molecule has 0 radical (unpaired) electrons. The lowest BCUT2D eigenvalue weighted by Crippen LogP contribution is -2.25. The zero-order chi connectivity index (χ0) is 13.4. The van der Waals surface area contributed by atoms with Crippen molar-refractivity contribution in [2.75, 3.05) is 0 Å². The van der Waals surface area contributed by atoms with Crippen LogP contribution < -0.4 is 10.9 Å². The van der Waals surface area contributed by atoms with E-state index < -0.39 is 10.3 Å². The van der Waals surface area contributed by atoms with Gasteiger partial charge in [0.15, 0.2) is 0 Å². The van der Waals surface area contributed by atoms with Gasteiger partial charge in [0.25, 0.3) is 0 Å². The number of nitrogens with two attached hydrogens (primary N) is 2. The Morgan fingerprint density at radius 2 is 1.28 bits per heavy atom. The third-order valence-corrected chi connectivity index (χ3v) is 4.01. The van der Waals surface area contributed by atoms with Gasteiger partial charge in [-0.25, -0.2) is 5.14 Å². The monoisotopic (exact) mass is 278 g/mol. The molecule has 0 spiro atoms. The van der Waals surface area contributed by atoms with Crippen molar-refractivity contribution in [2.24, 2.45) is 10.9 Å². The first-order valence-corrected chi connectivity index (χ1v) is 8.41. The first-order chi connectivity index (χ1) is 8.47. The molecule has 2 rings (SSSR count). The summed E-state index contributed by atoms with van der Waals surface area (Å²) in [6.45, 7) is 0. The van der Waals surface area contributed by atoms with Crippen molar-refractivity contribution in [3.8, 4) is 0 Å². The van der Waals surface area contributed by atoms with Gasteiger partial charge in [-0.15, -0.1) is 0 Å². The van der Waals surface area contributed by atoms with Crippen LogP contribution in [0.1, 0.15) is 64.2 Å². The Hall–Kier alpha value is -0.170. The number of rotatable bonds is 2. The fraction of sp³-hybridized carbons (Fsp3) is 1.00. The molecule has 0 aromatic heterocycles. The van der Waals surface area contributed by atoms with Crippen LogP contribution in [0.3, 0.4) is 0 Å². The number of hydrogen-bond donors (Lipinski definition) is 2. The zero-order valence-corrected chi connectivity index (χ0v) is 11.8. The van der Waals surface area contributed by atoms with E-state index in [-0.39, 0.29) is 6.10 Å². The van der Waals surface area contributed by atoms with Gasteiger partial charge in [-0.2, -0.15) is 8.42 Å². The smallest absolute Gasteiger partial charge is 0.328 e. The van der Waals surface area contributed by atoms with Crippen LogP contribution >= 0.6 is 0 Å². The molecule has 0 amide bonds. The van der Waals surface area contributed by atoms with Gasteiger partial charge < -0.3 is 5.73 Å². The lowest BCUT2D eigenvalue weighted by Gasteiger charge is -2.19. The molecule has 0 saturated heterocycles. The standard InChI is InChI=1S/C6H13NO3S.C6H13N/c7-11(8,9)10-6-4-2-1-3-5-6;7-6-4-2-1-3-5-6/h6H,1-5H2,(H2,7,8,9);6H,1-5,7H2. The van der Waals surface area contributed by atoms with Crippen LogP contribution in [0.15, 0.2) is 0 Å². The maximum Gasteiger partial charge on any atom is 0.333 e. The van der Waals surface area contributed by atoms with E-state index in [1.54, 1.807) is 0 Å². The molecule has 4 N–H and O–H groups in total. The molecule has 6 heteroatoms. The second-order valence-electron chi connectivity index (χ2n) is 5.25. The van der Waals surface area contributed by atoms with E-state index in [1.807, 2.05) is 0 Å². The molecule has 2 saturated carbocycles. The quantitative estimate of drug-likeness (QED) is 0.805. The minimum absolute atomic E-state index is 0.168. The summed E-state index contributed by atoms with van der Waals surface area (Å²) < 4.78 is 25.5. The molecule has 0 heterocycles. The molecule has 2 fully saturated rings. The molecule has 0 unspecified atom stereocenters. The summed E-state index contributed by atoms with van der Waals surface area (Å²) in [6, 6.07) is 0.536. The van der Waals surface area contributed by atoms with Crippen LogP contribution in [0.25, 0.3) is 0 Å². The molecule has 0 bridgehead atoms. The van der Waals surface area contributed by atoms with Crippen LogP contribution in [0, 0.1) is 0 Å². The molecule has 0 aromatic carbocycles. The van der Waals surface area contributed by atoms with Gasteiger partial charge >= 0.3 is 10.3 Å². The van der Waals surface area contributed by atoms with Crippen LogP contribution in [0.2, 0.25) is 0 Å². The maximum atomic E-state index is 10.5. The summed E-state index contributed by atoms with van der Waals surface area (Å²) in [6.07, 6.45) is 11.4. The Bertz CT molecular complexity index is 307. The van der Waals surface area contributed by atoms with Crippen molar-refractivity contribution >= 4 is 10.3 Å². The normalized spacial score (nSPS) is 23.2. The van der Waals surface area contributed by atoms with E-state index in [9.17, 15) is 8.42 Å². The predicted octanol–water partition coefficient (Wildman–Crippen LogP) is 1.82. The van der Waals surface area contributed by atoms with Gasteiger partial charge in [-0.3, -0.25) is 4.18 Å². The van der Waals surface area contributed by atoms with E-state index in [1.165, 1.54) is 38.5 Å². The zero-order valence-electron chi connectivity index (χ0n) is 11.0. The van der Waals surface area contributed by atoms with Crippen molar-refractivity contribution in [2.45, 2.75) is 76.4 Å². The second-order valence-corrected chi connectivity index (χ2v) is 6.43. The first kappa shape index (κ1) is 15.9. The summed E-state index contributed by atoms with van der Waals surface area (Å²) in [7, 11) is -3.72. The van der Waals surface area contributed by atoms with Gasteiger partial charge in [0.05, 0.1) is 6.10 Å². The summed E-state index contributed by atoms with van der Waals surface area (Å²) >= 11 is 0. The lowest BCUT2D eigenvalue weighted by atomic mass is 9.97. The highest BCUT2D eigenvalue weighted by Gasteiger charge is 2.18. The van der Waals surface area contributed by atoms with E-state index in [0.717, 1.165) is 25.7 Å². The molecule has 0 atom stereocenters. The summed E-state index contributed by atoms with van der Waals surface area (Å²) in [5.74, 6) is 0. The summed E-state index contributed by atoms with van der Waals surface area (Å²) in [4.78, 5) is 0. The minimum Gasteiger partial charge on any atom is -0.328 e. The fourth-order valence-corrected chi connectivity index (χ4v) is 3.06. The summed E-state index contributed by atoms with van der Waals surface area (Å²) in [5, 5.41) is 4.72. The SMILES string of the molecule is NC1CCCCC1.NS(=O)(=O)OC1CCCCC1. The third-order valence-electron chi connectivity index (χ3n) is 3.47. The van der Waals surface area contributed by atoms with E-state index in [0.29, 0.717) is 6.04 Å². The van der Waals surface area contributed by atoms with Crippen molar-refractivity contribution in [3.05, 3.63) is 0 Å². The highest BCUT2D eigenvalue weighted by molar-refractivity contribution is 7.84. The molecule has 5 nitrogen and oxygen atoms in total. The highest BCUT2D eigenvalue weighted by Crippen LogP contribution is 2.20. The van der Waals surface area contributed by atoms with Crippen molar-refractivity contribution in [3.63, 3.8) is 0 Å². The Morgan fingerprint density at radius 1 is 0.833 bits per heavy atom. The molecular weight excluding hydrogens is 252 g/mol. The van der Waals surface area contributed by atoms with E-state index in [2.05, 4.69) is 4.18 Å². The Balaban J connectivity index is 0.000000199. The second kappa shape index (κ2) is 8.09. The molecule has 0 aliphatic heterocycles. The Kier molecular flexibility index (Phi) is 7.14. The molecule has 108 valence electrons. The molecule has 2 aliphatic carbocycles. The molecule has 18 heavy (non-hydrogen) atoms. The number of hydrogen-bond acceptors (Lipinski definition) is 4. The highest BCUT2D eigenvalue weighted by atomic mass is 32.2. The van der Waals surface area contributed by atoms with E-state index in [4.69, 9.17) is 10.9 Å². The lowest BCUT2D eigenvalue weighted by molar-refractivity contribution is 0.162. The van der Waals surface area contributed by atoms with Gasteiger partial charge in [-0.1, -0.05) is 38.5 Å². The fourth-order valence-electron chi connectivity index (χ4n) is 2.49. The Labute approximate surface area is 111 Å². The van der Waals surface area contributed by atoms with Crippen LogP contribution in [0.5, 0.6) is 0 Å². The maximum absolute atomic E-state index is 10.5. The van der Waals surface area contributed by atoms with E-state index >= 15 is 0 Å². The first-order valence-electron chi connectivity index (χ1n) is 6.94.